The zero-order valence-corrected chi connectivity index (χ0v) is 19.4. The topological polar surface area (TPSA) is 93.1 Å². The molecule has 1 aliphatic rings. The molecule has 168 valence electrons. The van der Waals surface area contributed by atoms with E-state index in [0.29, 0.717) is 34.6 Å². The molecule has 0 spiro atoms. The van der Waals surface area contributed by atoms with Gasteiger partial charge in [-0.3, -0.25) is 5.43 Å². The summed E-state index contributed by atoms with van der Waals surface area (Å²) in [7, 11) is -0.237. The van der Waals surface area contributed by atoms with Gasteiger partial charge >= 0.3 is 0 Å². The molecule has 3 aromatic rings. The van der Waals surface area contributed by atoms with Gasteiger partial charge in [0.1, 0.15) is 0 Å². The highest BCUT2D eigenvalue weighted by molar-refractivity contribution is 7.89. The van der Waals surface area contributed by atoms with Gasteiger partial charge in [0.2, 0.25) is 15.2 Å². The number of rotatable bonds is 8. The Bertz CT molecular complexity index is 1200. The van der Waals surface area contributed by atoms with Crippen LogP contribution in [0.25, 0.3) is 11.3 Å². The molecule has 0 aliphatic carbocycles. The van der Waals surface area contributed by atoms with Crippen LogP contribution in [0, 0.1) is 0 Å². The van der Waals surface area contributed by atoms with E-state index < -0.39 is 10.0 Å². The first-order chi connectivity index (χ1) is 15.5. The highest BCUT2D eigenvalue weighted by Crippen LogP contribution is 2.28. The quantitative estimate of drug-likeness (QED) is 0.393. The van der Waals surface area contributed by atoms with Crippen LogP contribution >= 0.6 is 11.3 Å². The van der Waals surface area contributed by atoms with Gasteiger partial charge in [-0.1, -0.05) is 12.1 Å². The lowest BCUT2D eigenvalue weighted by Crippen LogP contribution is -2.27. The molecule has 0 saturated carbocycles. The van der Waals surface area contributed by atoms with Crippen LogP contribution in [0.3, 0.4) is 0 Å². The number of ether oxygens (including phenoxy) is 2. The van der Waals surface area contributed by atoms with Crippen LogP contribution in [-0.2, 0) is 10.0 Å². The van der Waals surface area contributed by atoms with Gasteiger partial charge in [-0.15, -0.1) is 11.3 Å². The summed E-state index contributed by atoms with van der Waals surface area (Å²) in [5, 5.41) is 6.76. The number of aromatic nitrogens is 1. The number of anilines is 1. The predicted molar refractivity (Wildman–Crippen MR) is 126 cm³/mol. The number of hydrazone groups is 1. The number of nitrogens with zero attached hydrogens (tertiary/aromatic N) is 3. The fourth-order valence-corrected chi connectivity index (χ4v) is 5.61. The zero-order chi connectivity index (χ0) is 22.6. The van der Waals surface area contributed by atoms with E-state index in [1.165, 1.54) is 11.3 Å². The van der Waals surface area contributed by atoms with Crippen LogP contribution in [0.5, 0.6) is 11.5 Å². The third-order valence-electron chi connectivity index (χ3n) is 5.14. The maximum absolute atomic E-state index is 12.7. The Morgan fingerprint density at radius 1 is 1.06 bits per heavy atom. The zero-order valence-electron chi connectivity index (χ0n) is 17.8. The molecule has 1 fully saturated rings. The fourth-order valence-electron chi connectivity index (χ4n) is 3.43. The predicted octanol–water partition coefficient (Wildman–Crippen LogP) is 4.06. The van der Waals surface area contributed by atoms with Gasteiger partial charge in [0.25, 0.3) is 0 Å². The van der Waals surface area contributed by atoms with E-state index in [1.807, 2.05) is 23.6 Å². The van der Waals surface area contributed by atoms with Crippen LogP contribution in [-0.4, -0.2) is 51.2 Å². The minimum Gasteiger partial charge on any atom is -0.493 e. The Morgan fingerprint density at radius 2 is 1.78 bits per heavy atom. The maximum atomic E-state index is 12.7. The largest absolute Gasteiger partial charge is 0.493 e. The van der Waals surface area contributed by atoms with Gasteiger partial charge < -0.3 is 9.47 Å². The number of thiazole rings is 1. The molecule has 4 rings (SSSR count). The lowest BCUT2D eigenvalue weighted by atomic mass is 10.2. The van der Waals surface area contributed by atoms with Gasteiger partial charge in [-0.05, 0) is 48.7 Å². The van der Waals surface area contributed by atoms with Crippen LogP contribution in [0.1, 0.15) is 18.4 Å². The number of hydrogen-bond acceptors (Lipinski definition) is 8. The molecular formula is C22H24N4O4S2. The van der Waals surface area contributed by atoms with Crippen LogP contribution in [0.15, 0.2) is 57.8 Å². The van der Waals surface area contributed by atoms with E-state index in [2.05, 4.69) is 15.5 Å². The van der Waals surface area contributed by atoms with Crippen molar-refractivity contribution in [3.8, 4) is 22.8 Å². The summed E-state index contributed by atoms with van der Waals surface area (Å²) < 4.78 is 37.4. The van der Waals surface area contributed by atoms with Gasteiger partial charge in [0, 0.05) is 24.0 Å². The summed E-state index contributed by atoms with van der Waals surface area (Å²) in [4.78, 5) is 4.85. The van der Waals surface area contributed by atoms with Crippen molar-refractivity contribution in [3.05, 3.63) is 53.4 Å². The summed E-state index contributed by atoms with van der Waals surface area (Å²) in [5.41, 5.74) is 5.37. The number of sulfonamides is 1. The second-order valence-electron chi connectivity index (χ2n) is 7.16. The Labute approximate surface area is 191 Å². The molecule has 10 heteroatoms. The minimum absolute atomic E-state index is 0.316. The third kappa shape index (κ3) is 4.77. The molecule has 0 radical (unpaired) electrons. The number of nitrogens with one attached hydrogen (secondary N) is 1. The van der Waals surface area contributed by atoms with Gasteiger partial charge in [-0.2, -0.15) is 9.41 Å². The Hall–Kier alpha value is -2.95. The Morgan fingerprint density at radius 3 is 2.47 bits per heavy atom. The first-order valence-electron chi connectivity index (χ1n) is 10.1. The van der Waals surface area contributed by atoms with Gasteiger partial charge in [0.05, 0.1) is 31.0 Å². The number of methoxy groups -OCH3 is 2. The van der Waals surface area contributed by atoms with Crippen molar-refractivity contribution in [1.29, 1.82) is 0 Å². The van der Waals surface area contributed by atoms with Crippen molar-refractivity contribution in [2.24, 2.45) is 5.10 Å². The van der Waals surface area contributed by atoms with Crippen molar-refractivity contribution in [2.45, 2.75) is 17.7 Å². The molecule has 1 N–H and O–H groups in total. The SMILES string of the molecule is COc1ccc(C=NNc2nc(-c3ccc(S(=O)(=O)N4CCCC4)cc3)cs2)cc1OC. The molecule has 1 saturated heterocycles. The minimum atomic E-state index is -3.41. The summed E-state index contributed by atoms with van der Waals surface area (Å²) in [6, 6.07) is 12.4. The molecule has 8 nitrogen and oxygen atoms in total. The average molecular weight is 473 g/mol. The summed E-state index contributed by atoms with van der Waals surface area (Å²) in [6.07, 6.45) is 3.50. The standard InChI is InChI=1S/C22H24N4O4S2/c1-29-20-10-5-16(13-21(20)30-2)14-23-25-22-24-19(15-31-22)17-6-8-18(9-7-17)32(27,28)26-11-3-4-12-26/h5-10,13-15H,3-4,11-12H2,1-2H3,(H,24,25). The van der Waals surface area contributed by atoms with E-state index in [1.54, 1.807) is 49.0 Å². The molecule has 0 bridgehead atoms. The second kappa shape index (κ2) is 9.68. The fraction of sp³-hybridized carbons (Fsp3) is 0.273. The second-order valence-corrected chi connectivity index (χ2v) is 9.95. The molecule has 1 aromatic heterocycles. The van der Waals surface area contributed by atoms with E-state index in [9.17, 15) is 8.42 Å². The third-order valence-corrected chi connectivity index (χ3v) is 7.80. The molecule has 1 aliphatic heterocycles. The van der Waals surface area contributed by atoms with Crippen molar-refractivity contribution in [2.75, 3.05) is 32.7 Å². The molecular weight excluding hydrogens is 448 g/mol. The molecule has 2 heterocycles. The van der Waals surface area contributed by atoms with Crippen molar-refractivity contribution < 1.29 is 17.9 Å². The van der Waals surface area contributed by atoms with E-state index in [4.69, 9.17) is 9.47 Å². The highest BCUT2D eigenvalue weighted by Gasteiger charge is 2.27. The van der Waals surface area contributed by atoms with Crippen LogP contribution < -0.4 is 14.9 Å². The normalized spacial score (nSPS) is 14.7. The maximum Gasteiger partial charge on any atom is 0.243 e. The van der Waals surface area contributed by atoms with Gasteiger partial charge in [0.15, 0.2) is 11.5 Å². The first-order valence-corrected chi connectivity index (χ1v) is 12.4. The highest BCUT2D eigenvalue weighted by atomic mass is 32.2. The Balaban J connectivity index is 1.42. The van der Waals surface area contributed by atoms with E-state index in [0.717, 1.165) is 29.7 Å². The summed E-state index contributed by atoms with van der Waals surface area (Å²) >= 11 is 1.42. The van der Waals surface area contributed by atoms with Crippen molar-refractivity contribution in [3.63, 3.8) is 0 Å². The average Bonchev–Trinajstić information content (AvgIpc) is 3.52. The van der Waals surface area contributed by atoms with Crippen LogP contribution in [0.4, 0.5) is 5.13 Å². The Kier molecular flexibility index (Phi) is 6.73. The van der Waals surface area contributed by atoms with Crippen LogP contribution in [0.2, 0.25) is 0 Å². The molecule has 0 atom stereocenters. The summed E-state index contributed by atoms with van der Waals surface area (Å²) in [5.74, 6) is 1.28. The van der Waals surface area contributed by atoms with E-state index in [-0.39, 0.29) is 0 Å². The van der Waals surface area contributed by atoms with E-state index >= 15 is 0 Å². The lowest BCUT2D eigenvalue weighted by molar-refractivity contribution is 0.355. The van der Waals surface area contributed by atoms with Crippen molar-refractivity contribution >= 4 is 32.7 Å². The molecule has 32 heavy (non-hydrogen) atoms. The van der Waals surface area contributed by atoms with Crippen molar-refractivity contribution in [1.82, 2.24) is 9.29 Å². The molecule has 0 amide bonds. The molecule has 0 unspecified atom stereocenters. The van der Waals surface area contributed by atoms with Gasteiger partial charge in [-0.25, -0.2) is 13.4 Å². The number of hydrogen-bond donors (Lipinski definition) is 1. The first kappa shape index (κ1) is 22.3. The molecule has 2 aromatic carbocycles. The monoisotopic (exact) mass is 472 g/mol. The summed E-state index contributed by atoms with van der Waals surface area (Å²) in [6.45, 7) is 1.18. The number of benzene rings is 2. The smallest absolute Gasteiger partial charge is 0.243 e. The lowest BCUT2D eigenvalue weighted by Gasteiger charge is -2.15.